The third-order valence-electron chi connectivity index (χ3n) is 7.01. The summed E-state index contributed by atoms with van der Waals surface area (Å²) in [7, 11) is 0. The van der Waals surface area contributed by atoms with Gasteiger partial charge in [-0.1, -0.05) is 24.3 Å². The summed E-state index contributed by atoms with van der Waals surface area (Å²) in [6.07, 6.45) is -0.117. The Balaban J connectivity index is 1.39. The number of benzene rings is 3. The van der Waals surface area contributed by atoms with Gasteiger partial charge in [0, 0.05) is 30.3 Å². The molecule has 0 radical (unpaired) electrons. The molecule has 0 amide bonds. The second-order valence-corrected chi connectivity index (χ2v) is 9.67. The zero-order valence-electron chi connectivity index (χ0n) is 21.0. The minimum atomic E-state index is -0.369. The van der Waals surface area contributed by atoms with Crippen LogP contribution in [0.5, 0.6) is 23.0 Å². The van der Waals surface area contributed by atoms with Crippen molar-refractivity contribution < 1.29 is 24.4 Å². The average molecular weight is 488 g/mol. The highest BCUT2D eigenvalue weighted by atomic mass is 16.5. The summed E-state index contributed by atoms with van der Waals surface area (Å²) in [5.74, 6) is 1.91. The zero-order valence-corrected chi connectivity index (χ0v) is 21.0. The molecule has 3 aromatic rings. The highest BCUT2D eigenvalue weighted by Crippen LogP contribution is 2.47. The second kappa shape index (κ2) is 10.2. The quantitative estimate of drug-likeness (QED) is 0.468. The van der Waals surface area contributed by atoms with Gasteiger partial charge < -0.3 is 24.4 Å². The Morgan fingerprint density at radius 1 is 1.03 bits per heavy atom. The summed E-state index contributed by atoms with van der Waals surface area (Å²) in [4.78, 5) is 2.41. The molecule has 2 aliphatic rings. The van der Waals surface area contributed by atoms with Crippen LogP contribution in [0.1, 0.15) is 43.6 Å². The van der Waals surface area contributed by atoms with E-state index in [-0.39, 0.29) is 23.7 Å². The van der Waals surface area contributed by atoms with Crippen LogP contribution in [0.25, 0.3) is 11.1 Å². The molecule has 0 saturated carbocycles. The van der Waals surface area contributed by atoms with Gasteiger partial charge in [-0.25, -0.2) is 0 Å². The molecule has 2 heterocycles. The van der Waals surface area contributed by atoms with Gasteiger partial charge in [-0.2, -0.15) is 0 Å². The summed E-state index contributed by atoms with van der Waals surface area (Å²) in [6, 6.07) is 20.7. The van der Waals surface area contributed by atoms with E-state index in [2.05, 4.69) is 18.7 Å². The Bertz CT molecular complexity index is 1250. The normalized spacial score (nSPS) is 21.0. The molecule has 2 aliphatic heterocycles. The molecule has 0 bridgehead atoms. The van der Waals surface area contributed by atoms with Gasteiger partial charge in [0.25, 0.3) is 0 Å². The maximum Gasteiger partial charge on any atom is 0.150 e. The largest absolute Gasteiger partial charge is 0.508 e. The van der Waals surface area contributed by atoms with Crippen molar-refractivity contribution in [3.63, 3.8) is 0 Å². The molecule has 3 aromatic carbocycles. The van der Waals surface area contributed by atoms with E-state index in [4.69, 9.17) is 14.2 Å². The van der Waals surface area contributed by atoms with Gasteiger partial charge in [0.1, 0.15) is 35.7 Å². The number of aromatic hydroxyl groups is 2. The fraction of sp³-hybridized carbons (Fsp3) is 0.333. The minimum absolute atomic E-state index is 0.188. The molecule has 2 N–H and O–H groups in total. The van der Waals surface area contributed by atoms with E-state index in [0.717, 1.165) is 53.3 Å². The topological polar surface area (TPSA) is 71.4 Å². The van der Waals surface area contributed by atoms with E-state index in [1.54, 1.807) is 30.3 Å². The summed E-state index contributed by atoms with van der Waals surface area (Å²) < 4.78 is 18.2. The van der Waals surface area contributed by atoms with Gasteiger partial charge in [0.05, 0.1) is 12.7 Å². The van der Waals surface area contributed by atoms with Gasteiger partial charge in [-0.3, -0.25) is 4.90 Å². The molecule has 188 valence electrons. The number of nitrogens with zero attached hydrogens (tertiary/aromatic N) is 1. The fourth-order valence-electron chi connectivity index (χ4n) is 5.02. The zero-order chi connectivity index (χ0) is 25.2. The third-order valence-corrected chi connectivity index (χ3v) is 7.01. The van der Waals surface area contributed by atoms with Crippen LogP contribution in [0.3, 0.4) is 0 Å². The van der Waals surface area contributed by atoms with E-state index in [0.29, 0.717) is 18.4 Å². The predicted molar refractivity (Wildman–Crippen MR) is 140 cm³/mol. The molecule has 1 fully saturated rings. The van der Waals surface area contributed by atoms with Crippen LogP contribution in [0.15, 0.2) is 66.7 Å². The van der Waals surface area contributed by atoms with E-state index in [1.807, 2.05) is 43.3 Å². The number of fused-ring (bicyclic) bond motifs is 1. The van der Waals surface area contributed by atoms with Gasteiger partial charge in [0.2, 0.25) is 0 Å². The first-order valence-electron chi connectivity index (χ1n) is 12.5. The maximum atomic E-state index is 10.1. The van der Waals surface area contributed by atoms with Crippen molar-refractivity contribution in [1.82, 2.24) is 4.90 Å². The predicted octanol–water partition coefficient (Wildman–Crippen LogP) is 5.65. The number of morpholine rings is 1. The Hall–Kier alpha value is -3.48. The summed E-state index contributed by atoms with van der Waals surface area (Å²) in [6.45, 7) is 9.54. The van der Waals surface area contributed by atoms with Gasteiger partial charge in [0.15, 0.2) is 0 Å². The van der Waals surface area contributed by atoms with Crippen molar-refractivity contribution >= 4 is 11.1 Å². The monoisotopic (exact) mass is 487 g/mol. The van der Waals surface area contributed by atoms with Crippen LogP contribution in [0, 0.1) is 0 Å². The Morgan fingerprint density at radius 2 is 1.81 bits per heavy atom. The van der Waals surface area contributed by atoms with E-state index in [9.17, 15) is 10.2 Å². The molecule has 36 heavy (non-hydrogen) atoms. The van der Waals surface area contributed by atoms with Gasteiger partial charge in [-0.15, -0.1) is 0 Å². The lowest BCUT2D eigenvalue weighted by Crippen LogP contribution is -2.47. The average Bonchev–Trinajstić information content (AvgIpc) is 2.88. The summed E-state index contributed by atoms with van der Waals surface area (Å²) in [5, 5.41) is 20.2. The Labute approximate surface area is 212 Å². The molecular weight excluding hydrogens is 454 g/mol. The Kier molecular flexibility index (Phi) is 6.90. The van der Waals surface area contributed by atoms with Gasteiger partial charge >= 0.3 is 0 Å². The smallest absolute Gasteiger partial charge is 0.150 e. The minimum Gasteiger partial charge on any atom is -0.508 e. The van der Waals surface area contributed by atoms with Crippen molar-refractivity contribution in [2.45, 2.75) is 39.0 Å². The van der Waals surface area contributed by atoms with Crippen LogP contribution in [0.4, 0.5) is 0 Å². The van der Waals surface area contributed by atoms with E-state index < -0.39 is 0 Å². The van der Waals surface area contributed by atoms with Crippen LogP contribution >= 0.6 is 0 Å². The highest BCUT2D eigenvalue weighted by molar-refractivity contribution is 5.95. The number of hydrogen-bond donors (Lipinski definition) is 2. The fourth-order valence-corrected chi connectivity index (χ4v) is 5.02. The Morgan fingerprint density at radius 3 is 2.56 bits per heavy atom. The van der Waals surface area contributed by atoms with E-state index in [1.165, 1.54) is 0 Å². The molecule has 5 rings (SSSR count). The molecular formula is C30H33NO5. The highest BCUT2D eigenvalue weighted by Gasteiger charge is 2.30. The number of phenolic OH excluding ortho intramolecular Hbond substituents is 2. The summed E-state index contributed by atoms with van der Waals surface area (Å²) in [5.41, 5.74) is 4.65. The number of phenols is 2. The number of ether oxygens (including phenoxy) is 3. The van der Waals surface area contributed by atoms with Crippen molar-refractivity contribution in [2.24, 2.45) is 0 Å². The number of hydrogen-bond acceptors (Lipinski definition) is 6. The molecule has 3 unspecified atom stereocenters. The molecule has 0 spiro atoms. The first-order valence-corrected chi connectivity index (χ1v) is 12.5. The van der Waals surface area contributed by atoms with Crippen molar-refractivity contribution in [1.29, 1.82) is 0 Å². The molecule has 6 nitrogen and oxygen atoms in total. The summed E-state index contributed by atoms with van der Waals surface area (Å²) >= 11 is 0. The second-order valence-electron chi connectivity index (χ2n) is 9.67. The first kappa shape index (κ1) is 24.2. The van der Waals surface area contributed by atoms with Gasteiger partial charge in [-0.05, 0) is 79.9 Å². The van der Waals surface area contributed by atoms with Crippen molar-refractivity contribution in [3.8, 4) is 23.0 Å². The van der Waals surface area contributed by atoms with Crippen molar-refractivity contribution in [3.05, 3.63) is 83.4 Å². The van der Waals surface area contributed by atoms with Crippen LogP contribution in [-0.4, -0.2) is 53.6 Å². The molecule has 6 heteroatoms. The number of rotatable bonds is 6. The molecule has 3 atom stereocenters. The van der Waals surface area contributed by atoms with Crippen LogP contribution in [-0.2, 0) is 4.74 Å². The lowest BCUT2D eigenvalue weighted by atomic mass is 9.86. The number of allylic oxidation sites excluding steroid dienone is 1. The standard InChI is InChI=1S/C30H33NO5/c1-19(31-13-14-34-20(2)17-31)18-35-26-10-7-22(8-11-26)30-29(23-5-4-6-24(32)15-23)21(3)27-16-25(33)9-12-28(27)36-30/h4-12,15-16,19-20,30,32-33H,13-14,17-18H2,1-3H3. The SMILES string of the molecule is CC1=C(c2cccc(O)c2)C(c2ccc(OCC(C)N3CCOC(C)C3)cc2)Oc2ccc(O)cc21. The molecule has 1 saturated heterocycles. The van der Waals surface area contributed by atoms with Crippen molar-refractivity contribution in [2.75, 3.05) is 26.3 Å². The van der Waals surface area contributed by atoms with Crippen LogP contribution < -0.4 is 9.47 Å². The lowest BCUT2D eigenvalue weighted by molar-refractivity contribution is -0.0372. The lowest BCUT2D eigenvalue weighted by Gasteiger charge is -2.35. The third kappa shape index (κ3) is 5.06. The maximum absolute atomic E-state index is 10.1. The van der Waals surface area contributed by atoms with Crippen LogP contribution in [0.2, 0.25) is 0 Å². The molecule has 0 aliphatic carbocycles. The van der Waals surface area contributed by atoms with E-state index >= 15 is 0 Å². The molecule has 0 aromatic heterocycles. The first-order chi connectivity index (χ1) is 17.4.